The number of hydrogen-bond donors (Lipinski definition) is 1. The predicted octanol–water partition coefficient (Wildman–Crippen LogP) is 3.18. The third-order valence-corrected chi connectivity index (χ3v) is 7.42. The van der Waals surface area contributed by atoms with E-state index in [1.807, 2.05) is 12.1 Å². The van der Waals surface area contributed by atoms with Gasteiger partial charge in [0.1, 0.15) is 0 Å². The van der Waals surface area contributed by atoms with Gasteiger partial charge in [-0.05, 0) is 49.4 Å². The van der Waals surface area contributed by atoms with Crippen LogP contribution in [0.25, 0.3) is 10.2 Å². The fraction of sp³-hybridized carbons (Fsp3) is 0.250. The second-order valence-corrected chi connectivity index (χ2v) is 10.6. The Labute approximate surface area is 198 Å². The minimum absolute atomic E-state index is 0.0417. The molecule has 0 spiro atoms. The van der Waals surface area contributed by atoms with Crippen molar-refractivity contribution >= 4 is 66.8 Å². The van der Waals surface area contributed by atoms with Crippen LogP contribution in [0, 0.1) is 0 Å². The summed E-state index contributed by atoms with van der Waals surface area (Å²) >= 11 is 8.35. The highest BCUT2D eigenvalue weighted by atomic mass is 35.5. The van der Waals surface area contributed by atoms with Crippen molar-refractivity contribution in [1.82, 2.24) is 4.57 Å². The molecule has 3 rings (SSSR count). The van der Waals surface area contributed by atoms with Crippen molar-refractivity contribution in [2.75, 3.05) is 12.4 Å². The van der Waals surface area contributed by atoms with E-state index in [2.05, 4.69) is 4.99 Å². The number of esters is 1. The normalized spacial score (nSPS) is 12.3. The van der Waals surface area contributed by atoms with Gasteiger partial charge in [-0.3, -0.25) is 9.59 Å². The van der Waals surface area contributed by atoms with Crippen molar-refractivity contribution in [2.24, 2.45) is 10.1 Å². The molecule has 1 amide bonds. The van der Waals surface area contributed by atoms with Gasteiger partial charge in [0.05, 0.1) is 33.9 Å². The van der Waals surface area contributed by atoms with Crippen LogP contribution < -0.4 is 9.94 Å². The third kappa shape index (κ3) is 6.42. The molecule has 32 heavy (non-hydrogen) atoms. The van der Waals surface area contributed by atoms with E-state index in [9.17, 15) is 18.0 Å². The zero-order valence-corrected chi connectivity index (χ0v) is 20.2. The van der Waals surface area contributed by atoms with E-state index in [0.717, 1.165) is 16.2 Å². The number of fused-ring (bicyclic) bond motifs is 1. The fourth-order valence-electron chi connectivity index (χ4n) is 2.78. The van der Waals surface area contributed by atoms with Crippen LogP contribution in [-0.4, -0.2) is 37.2 Å². The molecular formula is C20H20ClN3O5S3. The molecule has 0 fully saturated rings. The summed E-state index contributed by atoms with van der Waals surface area (Å²) in [6.07, 6.45) is 0.0809. The van der Waals surface area contributed by atoms with Gasteiger partial charge < -0.3 is 9.30 Å². The van der Waals surface area contributed by atoms with Gasteiger partial charge in [-0.25, -0.2) is 13.6 Å². The number of sulfonamides is 1. The van der Waals surface area contributed by atoms with Crippen LogP contribution in [0.15, 0.2) is 57.2 Å². The molecule has 0 radical (unpaired) electrons. The first kappa shape index (κ1) is 24.5. The minimum Gasteiger partial charge on any atom is -0.466 e. The Morgan fingerprint density at radius 2 is 1.94 bits per heavy atom. The van der Waals surface area contributed by atoms with E-state index in [0.29, 0.717) is 20.0 Å². The summed E-state index contributed by atoms with van der Waals surface area (Å²) < 4.78 is 30.7. The molecule has 2 N–H and O–H groups in total. The number of aryl methyl sites for hydroxylation is 1. The van der Waals surface area contributed by atoms with Gasteiger partial charge in [0.25, 0.3) is 5.91 Å². The molecule has 0 aliphatic heterocycles. The summed E-state index contributed by atoms with van der Waals surface area (Å²) in [6.45, 7) is 2.21. The number of hydrogen-bond acceptors (Lipinski definition) is 7. The van der Waals surface area contributed by atoms with Gasteiger partial charge in [-0.15, -0.1) is 11.8 Å². The molecule has 0 bridgehead atoms. The average Bonchev–Trinajstić information content (AvgIpc) is 3.07. The Bertz CT molecular complexity index is 1310. The molecule has 0 saturated heterocycles. The molecule has 170 valence electrons. The summed E-state index contributed by atoms with van der Waals surface area (Å²) in [5.74, 6) is -0.639. The van der Waals surface area contributed by atoms with Crippen molar-refractivity contribution in [3.8, 4) is 0 Å². The van der Waals surface area contributed by atoms with Crippen LogP contribution in [0.2, 0.25) is 5.02 Å². The summed E-state index contributed by atoms with van der Waals surface area (Å²) in [6, 6.07) is 11.5. The highest BCUT2D eigenvalue weighted by Crippen LogP contribution is 2.23. The first-order valence-electron chi connectivity index (χ1n) is 9.45. The Balaban J connectivity index is 1.92. The number of carbonyl (C=O) groups is 2. The van der Waals surface area contributed by atoms with E-state index in [-0.39, 0.29) is 42.1 Å². The van der Waals surface area contributed by atoms with Gasteiger partial charge in [0, 0.05) is 16.5 Å². The standard InChI is InChI=1S/C20H20ClN3O5S3/c1-2-29-19(26)9-10-24-16-8-7-15(32(22,27)28)11-17(16)31-20(24)23-18(25)12-30-14-5-3-13(21)4-6-14/h3-8,11H,2,9-10,12H2,1H3,(H2,22,27,28). The number of benzene rings is 2. The smallest absolute Gasteiger partial charge is 0.307 e. The number of aromatic nitrogens is 1. The molecule has 3 aromatic rings. The lowest BCUT2D eigenvalue weighted by Crippen LogP contribution is -2.20. The number of amides is 1. The quantitative estimate of drug-likeness (QED) is 0.365. The van der Waals surface area contributed by atoms with Crippen molar-refractivity contribution < 1.29 is 22.7 Å². The van der Waals surface area contributed by atoms with Crippen LogP contribution in [0.5, 0.6) is 0 Å². The molecule has 0 atom stereocenters. The van der Waals surface area contributed by atoms with Crippen LogP contribution in [0.1, 0.15) is 13.3 Å². The van der Waals surface area contributed by atoms with Crippen LogP contribution >= 0.6 is 34.7 Å². The number of thioether (sulfide) groups is 1. The lowest BCUT2D eigenvalue weighted by atomic mass is 10.3. The molecule has 2 aromatic carbocycles. The summed E-state index contributed by atoms with van der Waals surface area (Å²) in [5, 5.41) is 5.84. The van der Waals surface area contributed by atoms with Gasteiger partial charge in [0.2, 0.25) is 10.0 Å². The van der Waals surface area contributed by atoms with Crippen molar-refractivity contribution in [1.29, 1.82) is 0 Å². The van der Waals surface area contributed by atoms with Crippen LogP contribution in [0.3, 0.4) is 0 Å². The SMILES string of the molecule is CCOC(=O)CCn1c(=NC(=O)CSc2ccc(Cl)cc2)sc2cc(S(N)(=O)=O)ccc21. The lowest BCUT2D eigenvalue weighted by molar-refractivity contribution is -0.143. The summed E-state index contributed by atoms with van der Waals surface area (Å²) in [7, 11) is -3.88. The topological polar surface area (TPSA) is 121 Å². The van der Waals surface area contributed by atoms with E-state index >= 15 is 0 Å². The second kappa shape index (κ2) is 10.6. The van der Waals surface area contributed by atoms with Gasteiger partial charge in [0.15, 0.2) is 4.80 Å². The highest BCUT2D eigenvalue weighted by Gasteiger charge is 2.14. The number of nitrogens with two attached hydrogens (primary N) is 1. The molecule has 0 aliphatic carbocycles. The second-order valence-electron chi connectivity index (χ2n) is 6.51. The first-order chi connectivity index (χ1) is 15.2. The number of thiazole rings is 1. The van der Waals surface area contributed by atoms with Crippen molar-refractivity contribution in [3.05, 3.63) is 52.3 Å². The molecule has 1 heterocycles. The van der Waals surface area contributed by atoms with E-state index < -0.39 is 10.0 Å². The predicted molar refractivity (Wildman–Crippen MR) is 125 cm³/mol. The average molecular weight is 514 g/mol. The largest absolute Gasteiger partial charge is 0.466 e. The Hall–Kier alpha value is -2.18. The highest BCUT2D eigenvalue weighted by molar-refractivity contribution is 8.00. The number of nitrogens with zero attached hydrogens (tertiary/aromatic N) is 2. The maximum absolute atomic E-state index is 12.5. The lowest BCUT2D eigenvalue weighted by Gasteiger charge is -2.06. The summed E-state index contributed by atoms with van der Waals surface area (Å²) in [5.41, 5.74) is 0.642. The Morgan fingerprint density at radius 1 is 1.22 bits per heavy atom. The molecule has 0 unspecified atom stereocenters. The zero-order chi connectivity index (χ0) is 23.3. The molecular weight excluding hydrogens is 494 g/mol. The van der Waals surface area contributed by atoms with Gasteiger partial charge >= 0.3 is 5.97 Å². The molecule has 0 aliphatic rings. The Morgan fingerprint density at radius 3 is 2.59 bits per heavy atom. The van der Waals surface area contributed by atoms with Crippen LogP contribution in [0.4, 0.5) is 0 Å². The fourth-order valence-corrected chi connectivity index (χ4v) is 5.32. The number of rotatable bonds is 8. The first-order valence-corrected chi connectivity index (χ1v) is 13.2. The number of ether oxygens (including phenoxy) is 1. The van der Waals surface area contributed by atoms with Crippen molar-refractivity contribution in [3.63, 3.8) is 0 Å². The number of halogens is 1. The third-order valence-electron chi connectivity index (χ3n) is 4.22. The molecule has 1 aromatic heterocycles. The maximum Gasteiger partial charge on any atom is 0.307 e. The van der Waals surface area contributed by atoms with Gasteiger partial charge in [-0.1, -0.05) is 22.9 Å². The number of primary sulfonamides is 1. The Kier molecular flexibility index (Phi) is 8.12. The summed E-state index contributed by atoms with van der Waals surface area (Å²) in [4.78, 5) is 29.8. The van der Waals surface area contributed by atoms with E-state index in [1.165, 1.54) is 23.9 Å². The number of carbonyl (C=O) groups excluding carboxylic acids is 2. The van der Waals surface area contributed by atoms with E-state index in [4.69, 9.17) is 21.5 Å². The van der Waals surface area contributed by atoms with Crippen molar-refractivity contribution in [2.45, 2.75) is 29.7 Å². The molecule has 8 nitrogen and oxygen atoms in total. The molecule has 0 saturated carbocycles. The van der Waals surface area contributed by atoms with Crippen LogP contribution in [-0.2, 0) is 30.9 Å². The van der Waals surface area contributed by atoms with E-state index in [1.54, 1.807) is 29.7 Å². The zero-order valence-electron chi connectivity index (χ0n) is 17.0. The molecule has 12 heteroatoms. The van der Waals surface area contributed by atoms with Gasteiger partial charge in [-0.2, -0.15) is 4.99 Å². The minimum atomic E-state index is -3.88. The monoisotopic (exact) mass is 513 g/mol. The maximum atomic E-state index is 12.5.